The van der Waals surface area contributed by atoms with E-state index in [1.54, 1.807) is 0 Å². The van der Waals surface area contributed by atoms with E-state index in [2.05, 4.69) is 48.2 Å². The van der Waals surface area contributed by atoms with Crippen LogP contribution in [0.1, 0.15) is 45.9 Å². The van der Waals surface area contributed by atoms with Gasteiger partial charge in [0.2, 0.25) is 0 Å². The molecular weight excluding hydrogens is 278 g/mol. The highest BCUT2D eigenvalue weighted by molar-refractivity contribution is 7.99. The molecule has 21 heavy (non-hydrogen) atoms. The average molecular weight is 303 g/mol. The molecule has 3 nitrogen and oxygen atoms in total. The Morgan fingerprint density at radius 1 is 1.33 bits per heavy atom. The zero-order valence-electron chi connectivity index (χ0n) is 13.3. The number of fused-ring (bicyclic) bond motifs is 1. The molecule has 1 aliphatic heterocycles. The predicted octanol–water partition coefficient (Wildman–Crippen LogP) is 4.31. The van der Waals surface area contributed by atoms with Gasteiger partial charge in [-0.3, -0.25) is 0 Å². The van der Waals surface area contributed by atoms with E-state index in [0.29, 0.717) is 0 Å². The largest absolute Gasteiger partial charge is 0.312 e. The minimum absolute atomic E-state index is 0.249. The van der Waals surface area contributed by atoms with Crippen LogP contribution in [0.4, 0.5) is 0 Å². The van der Waals surface area contributed by atoms with Crippen molar-refractivity contribution in [2.24, 2.45) is 5.41 Å². The number of nitrogens with zero attached hydrogens (tertiary/aromatic N) is 3. The Bertz CT molecular complexity index is 606. The van der Waals surface area contributed by atoms with Crippen molar-refractivity contribution in [3.63, 3.8) is 0 Å². The molecule has 3 rings (SSSR count). The summed E-state index contributed by atoms with van der Waals surface area (Å²) in [6.07, 6.45) is 6.95. The van der Waals surface area contributed by atoms with Gasteiger partial charge in [0, 0.05) is 24.4 Å². The number of hydrogen-bond acceptors (Lipinski definition) is 3. The van der Waals surface area contributed by atoms with Gasteiger partial charge in [0.15, 0.2) is 5.65 Å². The molecular formula is C17H25N3S. The summed E-state index contributed by atoms with van der Waals surface area (Å²) in [7, 11) is 0. The van der Waals surface area contributed by atoms with Crippen LogP contribution in [0.3, 0.4) is 0 Å². The van der Waals surface area contributed by atoms with Crippen LogP contribution in [-0.4, -0.2) is 25.5 Å². The molecule has 0 amide bonds. The third kappa shape index (κ3) is 3.60. The van der Waals surface area contributed by atoms with E-state index in [9.17, 15) is 0 Å². The Morgan fingerprint density at radius 3 is 2.90 bits per heavy atom. The van der Waals surface area contributed by atoms with Crippen LogP contribution >= 0.6 is 11.8 Å². The second-order valence-corrected chi connectivity index (χ2v) is 8.62. The van der Waals surface area contributed by atoms with Crippen LogP contribution in [0.25, 0.3) is 11.2 Å². The summed E-state index contributed by atoms with van der Waals surface area (Å²) >= 11 is 2.12. The Hall–Kier alpha value is -1.03. The average Bonchev–Trinajstić information content (AvgIpc) is 2.76. The van der Waals surface area contributed by atoms with Gasteiger partial charge in [-0.25, -0.2) is 9.97 Å². The summed E-state index contributed by atoms with van der Waals surface area (Å²) in [4.78, 5) is 9.44. The van der Waals surface area contributed by atoms with Crippen LogP contribution in [0, 0.1) is 5.41 Å². The van der Waals surface area contributed by atoms with Crippen LogP contribution in [0.5, 0.6) is 0 Å². The van der Waals surface area contributed by atoms with Crippen molar-refractivity contribution in [3.05, 3.63) is 24.2 Å². The standard InChI is InChI=1S/C17H25N3S/c1-17(2,3)11-15-19-14-8-6-9-18-16(14)20(15)12-13-7-4-5-10-21-13/h6,8-9,13H,4-5,7,10-12H2,1-3H3. The van der Waals surface area contributed by atoms with Crippen molar-refractivity contribution in [1.82, 2.24) is 14.5 Å². The molecule has 114 valence electrons. The van der Waals surface area contributed by atoms with Gasteiger partial charge in [-0.1, -0.05) is 27.2 Å². The zero-order chi connectivity index (χ0) is 14.9. The lowest BCUT2D eigenvalue weighted by Gasteiger charge is -2.24. The lowest BCUT2D eigenvalue weighted by Crippen LogP contribution is -2.21. The number of thioether (sulfide) groups is 1. The van der Waals surface area contributed by atoms with Crippen molar-refractivity contribution < 1.29 is 0 Å². The van der Waals surface area contributed by atoms with Crippen LogP contribution < -0.4 is 0 Å². The zero-order valence-corrected chi connectivity index (χ0v) is 14.1. The number of imidazole rings is 1. The molecule has 0 N–H and O–H groups in total. The maximum absolute atomic E-state index is 4.85. The van der Waals surface area contributed by atoms with Gasteiger partial charge >= 0.3 is 0 Å². The fourth-order valence-corrected chi connectivity index (χ4v) is 4.25. The number of rotatable bonds is 3. The van der Waals surface area contributed by atoms with Crippen molar-refractivity contribution in [1.29, 1.82) is 0 Å². The van der Waals surface area contributed by atoms with Crippen LogP contribution in [-0.2, 0) is 13.0 Å². The van der Waals surface area contributed by atoms with E-state index in [-0.39, 0.29) is 5.41 Å². The van der Waals surface area contributed by atoms with Crippen molar-refractivity contribution >= 4 is 22.9 Å². The predicted molar refractivity (Wildman–Crippen MR) is 90.8 cm³/mol. The maximum atomic E-state index is 4.85. The highest BCUT2D eigenvalue weighted by atomic mass is 32.2. The molecule has 3 heterocycles. The molecule has 0 saturated carbocycles. The maximum Gasteiger partial charge on any atom is 0.160 e. The first kappa shape index (κ1) is 14.9. The van der Waals surface area contributed by atoms with Crippen LogP contribution in [0.2, 0.25) is 0 Å². The molecule has 1 atom stereocenters. The molecule has 4 heteroatoms. The number of aromatic nitrogens is 3. The Kier molecular flexibility index (Phi) is 4.25. The molecule has 1 aliphatic rings. The minimum Gasteiger partial charge on any atom is -0.312 e. The first-order valence-electron chi connectivity index (χ1n) is 7.95. The lowest BCUT2D eigenvalue weighted by atomic mass is 9.92. The van der Waals surface area contributed by atoms with Gasteiger partial charge in [0.05, 0.1) is 0 Å². The molecule has 0 spiro atoms. The fourth-order valence-electron chi connectivity index (χ4n) is 2.96. The fraction of sp³-hybridized carbons (Fsp3) is 0.647. The molecule has 1 unspecified atom stereocenters. The summed E-state index contributed by atoms with van der Waals surface area (Å²) in [5.41, 5.74) is 2.35. The Labute approximate surface area is 131 Å². The van der Waals surface area contributed by atoms with Gasteiger partial charge in [0.1, 0.15) is 11.3 Å². The second-order valence-electron chi connectivity index (χ2n) is 7.21. The molecule has 2 aromatic heterocycles. The van der Waals surface area contributed by atoms with Crippen LogP contribution in [0.15, 0.2) is 18.3 Å². The quantitative estimate of drug-likeness (QED) is 0.846. The van der Waals surface area contributed by atoms with Gasteiger partial charge in [-0.05, 0) is 36.1 Å². The van der Waals surface area contributed by atoms with E-state index in [0.717, 1.165) is 29.4 Å². The number of hydrogen-bond donors (Lipinski definition) is 0. The second kappa shape index (κ2) is 5.99. The van der Waals surface area contributed by atoms with E-state index < -0.39 is 0 Å². The third-order valence-corrected chi connectivity index (χ3v) is 5.31. The summed E-state index contributed by atoms with van der Waals surface area (Å²) in [5, 5.41) is 0.719. The molecule has 0 aromatic carbocycles. The molecule has 0 bridgehead atoms. The SMILES string of the molecule is CC(C)(C)Cc1nc2cccnc2n1CC1CCCCS1. The summed E-state index contributed by atoms with van der Waals surface area (Å²) < 4.78 is 2.38. The summed E-state index contributed by atoms with van der Waals surface area (Å²) in [6, 6.07) is 4.06. The minimum atomic E-state index is 0.249. The molecule has 2 aromatic rings. The third-order valence-electron chi connectivity index (χ3n) is 3.93. The van der Waals surface area contributed by atoms with E-state index in [1.807, 2.05) is 12.3 Å². The number of pyridine rings is 1. The first-order chi connectivity index (χ1) is 10.0. The highest BCUT2D eigenvalue weighted by Crippen LogP contribution is 2.29. The molecule has 0 aliphatic carbocycles. The van der Waals surface area contributed by atoms with Crippen molar-refractivity contribution in [2.45, 2.75) is 58.2 Å². The molecule has 1 saturated heterocycles. The smallest absolute Gasteiger partial charge is 0.160 e. The Morgan fingerprint density at radius 2 is 2.19 bits per heavy atom. The van der Waals surface area contributed by atoms with E-state index in [1.165, 1.54) is 30.8 Å². The van der Waals surface area contributed by atoms with Gasteiger partial charge in [0.25, 0.3) is 0 Å². The highest BCUT2D eigenvalue weighted by Gasteiger charge is 2.22. The first-order valence-corrected chi connectivity index (χ1v) is 8.99. The summed E-state index contributed by atoms with van der Waals surface area (Å²) in [6.45, 7) is 7.89. The monoisotopic (exact) mass is 303 g/mol. The lowest BCUT2D eigenvalue weighted by molar-refractivity contribution is 0.391. The summed E-state index contributed by atoms with van der Waals surface area (Å²) in [5.74, 6) is 2.50. The molecule has 0 radical (unpaired) electrons. The molecule has 1 fully saturated rings. The van der Waals surface area contributed by atoms with Crippen molar-refractivity contribution in [3.8, 4) is 0 Å². The van der Waals surface area contributed by atoms with E-state index >= 15 is 0 Å². The van der Waals surface area contributed by atoms with Gasteiger partial charge in [-0.15, -0.1) is 0 Å². The van der Waals surface area contributed by atoms with Gasteiger partial charge in [-0.2, -0.15) is 11.8 Å². The van der Waals surface area contributed by atoms with Gasteiger partial charge < -0.3 is 4.57 Å². The van der Waals surface area contributed by atoms with Crippen molar-refractivity contribution in [2.75, 3.05) is 5.75 Å². The topological polar surface area (TPSA) is 30.7 Å². The Balaban J connectivity index is 1.94. The normalized spacial score (nSPS) is 20.0. The van der Waals surface area contributed by atoms with E-state index in [4.69, 9.17) is 4.98 Å².